The van der Waals surface area contributed by atoms with E-state index >= 15 is 0 Å². The highest BCUT2D eigenvalue weighted by Gasteiger charge is 2.27. The molecule has 1 saturated heterocycles. The summed E-state index contributed by atoms with van der Waals surface area (Å²) in [4.78, 5) is 16.0. The van der Waals surface area contributed by atoms with Gasteiger partial charge in [-0.2, -0.15) is 0 Å². The number of rotatable bonds is 4. The van der Waals surface area contributed by atoms with Gasteiger partial charge in [0, 0.05) is 25.7 Å². The predicted octanol–water partition coefficient (Wildman–Crippen LogP) is -0.0991. The van der Waals surface area contributed by atoms with Crippen molar-refractivity contribution < 1.29 is 4.79 Å². The lowest BCUT2D eigenvalue weighted by atomic mass is 10.2. The average Bonchev–Trinajstić information content (AvgIpc) is 2.95. The van der Waals surface area contributed by atoms with E-state index in [2.05, 4.69) is 17.3 Å². The number of carbonyl (C=O) groups excluding carboxylic acids is 1. The summed E-state index contributed by atoms with van der Waals surface area (Å²) < 4.78 is 0. The molecule has 1 N–H and O–H groups in total. The van der Waals surface area contributed by atoms with Gasteiger partial charge in [0.25, 0.3) is 0 Å². The maximum atomic E-state index is 11.8. The van der Waals surface area contributed by atoms with Crippen molar-refractivity contribution in [2.75, 3.05) is 33.7 Å². The van der Waals surface area contributed by atoms with E-state index in [0.717, 1.165) is 19.5 Å². The fraction of sp³-hybridized carbons (Fsp3) is 0.909. The van der Waals surface area contributed by atoms with Crippen LogP contribution in [0.25, 0.3) is 0 Å². The van der Waals surface area contributed by atoms with Gasteiger partial charge in [-0.1, -0.05) is 0 Å². The molecule has 1 aliphatic carbocycles. The van der Waals surface area contributed by atoms with Crippen LogP contribution < -0.4 is 5.32 Å². The van der Waals surface area contributed by atoms with E-state index in [4.69, 9.17) is 0 Å². The molecule has 15 heavy (non-hydrogen) atoms. The SMILES string of the molecule is CN1CCC(N(C)C(=O)CNC2CC2)C1. The largest absolute Gasteiger partial charge is 0.340 e. The van der Waals surface area contributed by atoms with Gasteiger partial charge in [-0.25, -0.2) is 0 Å². The molecule has 1 heterocycles. The second kappa shape index (κ2) is 4.49. The summed E-state index contributed by atoms with van der Waals surface area (Å²) >= 11 is 0. The van der Waals surface area contributed by atoms with E-state index in [1.807, 2.05) is 11.9 Å². The Hall–Kier alpha value is -0.610. The molecule has 86 valence electrons. The topological polar surface area (TPSA) is 35.6 Å². The van der Waals surface area contributed by atoms with Crippen molar-refractivity contribution in [2.24, 2.45) is 0 Å². The van der Waals surface area contributed by atoms with E-state index in [9.17, 15) is 4.79 Å². The summed E-state index contributed by atoms with van der Waals surface area (Å²) in [5.41, 5.74) is 0. The van der Waals surface area contributed by atoms with Gasteiger partial charge < -0.3 is 15.1 Å². The number of nitrogens with one attached hydrogen (secondary N) is 1. The smallest absolute Gasteiger partial charge is 0.236 e. The van der Waals surface area contributed by atoms with E-state index in [-0.39, 0.29) is 5.91 Å². The van der Waals surface area contributed by atoms with Gasteiger partial charge in [0.05, 0.1) is 6.54 Å². The fourth-order valence-corrected chi connectivity index (χ4v) is 2.08. The van der Waals surface area contributed by atoms with Crippen molar-refractivity contribution in [1.82, 2.24) is 15.1 Å². The van der Waals surface area contributed by atoms with E-state index in [0.29, 0.717) is 18.6 Å². The lowest BCUT2D eigenvalue weighted by molar-refractivity contribution is -0.130. The van der Waals surface area contributed by atoms with Gasteiger partial charge in [0.1, 0.15) is 0 Å². The van der Waals surface area contributed by atoms with Crippen LogP contribution in [0.4, 0.5) is 0 Å². The van der Waals surface area contributed by atoms with Gasteiger partial charge in [-0.05, 0) is 32.9 Å². The highest BCUT2D eigenvalue weighted by Crippen LogP contribution is 2.18. The molecule has 4 nitrogen and oxygen atoms in total. The Morgan fingerprint density at radius 3 is 2.73 bits per heavy atom. The quantitative estimate of drug-likeness (QED) is 0.705. The van der Waals surface area contributed by atoms with Crippen LogP contribution in [-0.2, 0) is 4.79 Å². The summed E-state index contributed by atoms with van der Waals surface area (Å²) in [5.74, 6) is 0.238. The highest BCUT2D eigenvalue weighted by molar-refractivity contribution is 5.78. The summed E-state index contributed by atoms with van der Waals surface area (Å²) in [5, 5.41) is 3.27. The van der Waals surface area contributed by atoms with Gasteiger partial charge in [0.2, 0.25) is 5.91 Å². The molecule has 2 aliphatic rings. The number of likely N-dealkylation sites (tertiary alicyclic amines) is 1. The Balaban J connectivity index is 1.73. The van der Waals surface area contributed by atoms with Crippen LogP contribution in [0.5, 0.6) is 0 Å². The minimum absolute atomic E-state index is 0.238. The van der Waals surface area contributed by atoms with Crippen molar-refractivity contribution >= 4 is 5.91 Å². The third-order valence-corrected chi connectivity index (χ3v) is 3.43. The van der Waals surface area contributed by atoms with Crippen LogP contribution in [0.1, 0.15) is 19.3 Å². The molecule has 2 rings (SSSR count). The van der Waals surface area contributed by atoms with Crippen LogP contribution in [-0.4, -0.2) is 61.5 Å². The summed E-state index contributed by atoms with van der Waals surface area (Å²) in [7, 11) is 4.04. The van der Waals surface area contributed by atoms with Gasteiger partial charge in [-0.15, -0.1) is 0 Å². The van der Waals surface area contributed by atoms with Crippen molar-refractivity contribution in [1.29, 1.82) is 0 Å². The molecule has 0 bridgehead atoms. The Morgan fingerprint density at radius 1 is 1.47 bits per heavy atom. The first-order valence-corrected chi connectivity index (χ1v) is 5.84. The summed E-state index contributed by atoms with van der Waals surface area (Å²) in [6.45, 7) is 2.64. The molecular formula is C11H21N3O. The fourth-order valence-electron chi connectivity index (χ4n) is 2.08. The van der Waals surface area contributed by atoms with Crippen LogP contribution >= 0.6 is 0 Å². The molecule has 1 unspecified atom stereocenters. The first-order chi connectivity index (χ1) is 7.16. The molecule has 2 fully saturated rings. The minimum atomic E-state index is 0.238. The molecule has 0 aromatic heterocycles. The molecule has 1 amide bonds. The van der Waals surface area contributed by atoms with Crippen molar-refractivity contribution in [2.45, 2.75) is 31.3 Å². The monoisotopic (exact) mass is 211 g/mol. The van der Waals surface area contributed by atoms with Crippen LogP contribution in [0.15, 0.2) is 0 Å². The first kappa shape index (κ1) is 10.9. The Bertz CT molecular complexity index is 240. The van der Waals surface area contributed by atoms with Crippen LogP contribution in [0.3, 0.4) is 0 Å². The predicted molar refractivity (Wildman–Crippen MR) is 59.7 cm³/mol. The number of hydrogen-bond donors (Lipinski definition) is 1. The second-order valence-electron chi connectivity index (χ2n) is 4.86. The zero-order valence-corrected chi connectivity index (χ0v) is 9.70. The van der Waals surface area contributed by atoms with Crippen molar-refractivity contribution in [3.05, 3.63) is 0 Å². The van der Waals surface area contributed by atoms with E-state index < -0.39 is 0 Å². The third-order valence-electron chi connectivity index (χ3n) is 3.43. The molecule has 0 spiro atoms. The summed E-state index contributed by atoms with van der Waals surface area (Å²) in [6, 6.07) is 1.04. The molecule has 0 aromatic rings. The van der Waals surface area contributed by atoms with Gasteiger partial charge in [-0.3, -0.25) is 4.79 Å². The highest BCUT2D eigenvalue weighted by atomic mass is 16.2. The number of likely N-dealkylation sites (N-methyl/N-ethyl adjacent to an activating group) is 2. The molecule has 1 atom stereocenters. The first-order valence-electron chi connectivity index (χ1n) is 5.84. The second-order valence-corrected chi connectivity index (χ2v) is 4.86. The third kappa shape index (κ3) is 2.92. The Labute approximate surface area is 91.6 Å². The molecule has 0 radical (unpaired) electrons. The molecule has 1 aliphatic heterocycles. The van der Waals surface area contributed by atoms with Gasteiger partial charge in [0.15, 0.2) is 0 Å². The number of carbonyl (C=O) groups is 1. The van der Waals surface area contributed by atoms with Crippen molar-refractivity contribution in [3.63, 3.8) is 0 Å². The molecular weight excluding hydrogens is 190 g/mol. The van der Waals surface area contributed by atoms with Gasteiger partial charge >= 0.3 is 0 Å². The standard InChI is InChI=1S/C11H21N3O/c1-13-6-5-10(8-13)14(2)11(15)7-12-9-3-4-9/h9-10,12H,3-8H2,1-2H3. The van der Waals surface area contributed by atoms with E-state index in [1.165, 1.54) is 12.8 Å². The zero-order valence-electron chi connectivity index (χ0n) is 9.70. The normalized spacial score (nSPS) is 26.9. The molecule has 1 saturated carbocycles. The van der Waals surface area contributed by atoms with Crippen LogP contribution in [0, 0.1) is 0 Å². The number of hydrogen-bond acceptors (Lipinski definition) is 3. The average molecular weight is 211 g/mol. The van der Waals surface area contributed by atoms with E-state index in [1.54, 1.807) is 0 Å². The van der Waals surface area contributed by atoms with Crippen molar-refractivity contribution in [3.8, 4) is 0 Å². The van der Waals surface area contributed by atoms with Crippen LogP contribution in [0.2, 0.25) is 0 Å². The molecule has 4 heteroatoms. The zero-order chi connectivity index (χ0) is 10.8. The maximum Gasteiger partial charge on any atom is 0.236 e. The Kier molecular flexibility index (Phi) is 3.26. The lowest BCUT2D eigenvalue weighted by Crippen LogP contribution is -2.43. The maximum absolute atomic E-state index is 11.8. The summed E-state index contributed by atoms with van der Waals surface area (Å²) in [6.07, 6.45) is 3.59. The number of amides is 1. The minimum Gasteiger partial charge on any atom is -0.340 e. The lowest BCUT2D eigenvalue weighted by Gasteiger charge is -2.24. The molecule has 0 aromatic carbocycles. The Morgan fingerprint density at radius 2 is 2.20 bits per heavy atom. The number of nitrogens with zero attached hydrogens (tertiary/aromatic N) is 2.